The van der Waals surface area contributed by atoms with E-state index in [2.05, 4.69) is 27.7 Å². The number of rotatable bonds is 5. The van der Waals surface area contributed by atoms with Gasteiger partial charge in [-0.05, 0) is 30.1 Å². The van der Waals surface area contributed by atoms with E-state index in [9.17, 15) is 0 Å². The van der Waals surface area contributed by atoms with Crippen LogP contribution in [0, 0.1) is 17.3 Å². The van der Waals surface area contributed by atoms with Crippen molar-refractivity contribution in [2.24, 2.45) is 17.3 Å². The molecule has 1 saturated carbocycles. The normalized spacial score (nSPS) is 28.6. The van der Waals surface area contributed by atoms with Crippen LogP contribution in [0.4, 0.5) is 0 Å². The summed E-state index contributed by atoms with van der Waals surface area (Å²) in [5.41, 5.74) is 0.608. The zero-order chi connectivity index (χ0) is 9.90. The summed E-state index contributed by atoms with van der Waals surface area (Å²) in [5, 5.41) is 0. The molecular weight excluding hydrogens is 156 g/mol. The molecule has 0 bridgehead atoms. The Bertz CT molecular complexity index is 146. The number of hydrogen-bond donors (Lipinski definition) is 0. The van der Waals surface area contributed by atoms with Crippen LogP contribution in [0.3, 0.4) is 0 Å². The van der Waals surface area contributed by atoms with Gasteiger partial charge < -0.3 is 0 Å². The smallest absolute Gasteiger partial charge is 0.0326 e. The molecule has 0 aromatic heterocycles. The fraction of sp³-hybridized carbons (Fsp3) is 1.00. The summed E-state index contributed by atoms with van der Waals surface area (Å²) in [5.74, 6) is 2.10. The fourth-order valence-corrected chi connectivity index (χ4v) is 2.67. The van der Waals surface area contributed by atoms with Gasteiger partial charge in [-0.25, -0.2) is 0 Å². The maximum Gasteiger partial charge on any atom is -0.0326 e. The monoisotopic (exact) mass is 182 g/mol. The number of hydrogen-bond acceptors (Lipinski definition) is 0. The zero-order valence-corrected chi connectivity index (χ0v) is 9.90. The van der Waals surface area contributed by atoms with Crippen molar-refractivity contribution in [3.05, 3.63) is 0 Å². The van der Waals surface area contributed by atoms with E-state index in [0.29, 0.717) is 5.41 Å². The largest absolute Gasteiger partial charge is 0.0654 e. The average molecular weight is 182 g/mol. The van der Waals surface area contributed by atoms with Gasteiger partial charge in [0, 0.05) is 0 Å². The van der Waals surface area contributed by atoms with Crippen LogP contribution in [-0.4, -0.2) is 0 Å². The lowest BCUT2D eigenvalue weighted by Crippen LogP contribution is -2.37. The Morgan fingerprint density at radius 3 is 2.23 bits per heavy atom. The minimum Gasteiger partial charge on any atom is -0.0654 e. The van der Waals surface area contributed by atoms with Gasteiger partial charge in [0.1, 0.15) is 0 Å². The third-order valence-corrected chi connectivity index (χ3v) is 4.26. The molecule has 0 amide bonds. The molecule has 0 heteroatoms. The summed E-state index contributed by atoms with van der Waals surface area (Å²) >= 11 is 0. The standard InChI is InChI=1S/C13H26/c1-5-7-8-11-9-10-12(11)13(3,4)6-2/h11-12H,5-10H2,1-4H3. The van der Waals surface area contributed by atoms with Gasteiger partial charge in [0.25, 0.3) is 0 Å². The molecule has 0 aliphatic heterocycles. The lowest BCUT2D eigenvalue weighted by molar-refractivity contribution is 0.0333. The summed E-state index contributed by atoms with van der Waals surface area (Å²) in [4.78, 5) is 0. The summed E-state index contributed by atoms with van der Waals surface area (Å²) < 4.78 is 0. The maximum atomic E-state index is 2.45. The van der Waals surface area contributed by atoms with Crippen molar-refractivity contribution in [2.75, 3.05) is 0 Å². The highest BCUT2D eigenvalue weighted by atomic mass is 14.4. The van der Waals surface area contributed by atoms with E-state index in [4.69, 9.17) is 0 Å². The minimum atomic E-state index is 0.608. The van der Waals surface area contributed by atoms with Crippen LogP contribution >= 0.6 is 0 Å². The molecule has 0 N–H and O–H groups in total. The van der Waals surface area contributed by atoms with Crippen LogP contribution in [-0.2, 0) is 0 Å². The summed E-state index contributed by atoms with van der Waals surface area (Å²) in [6.45, 7) is 9.55. The Labute approximate surface area is 84.1 Å². The van der Waals surface area contributed by atoms with E-state index in [1.807, 2.05) is 0 Å². The maximum absolute atomic E-state index is 2.45. The quantitative estimate of drug-likeness (QED) is 0.581. The van der Waals surface area contributed by atoms with Crippen LogP contribution in [0.15, 0.2) is 0 Å². The zero-order valence-electron chi connectivity index (χ0n) is 9.90. The Hall–Kier alpha value is 0. The highest BCUT2D eigenvalue weighted by Crippen LogP contribution is 2.49. The Morgan fingerprint density at radius 2 is 1.85 bits per heavy atom. The molecule has 0 saturated heterocycles. The van der Waals surface area contributed by atoms with Crippen molar-refractivity contribution >= 4 is 0 Å². The number of unbranched alkanes of at least 4 members (excludes halogenated alkanes) is 1. The highest BCUT2D eigenvalue weighted by Gasteiger charge is 2.39. The van der Waals surface area contributed by atoms with E-state index in [1.54, 1.807) is 0 Å². The first-order valence-electron chi connectivity index (χ1n) is 6.11. The third kappa shape index (κ3) is 2.48. The van der Waals surface area contributed by atoms with Crippen LogP contribution < -0.4 is 0 Å². The highest BCUT2D eigenvalue weighted by molar-refractivity contribution is 4.89. The minimum absolute atomic E-state index is 0.608. The van der Waals surface area contributed by atoms with E-state index < -0.39 is 0 Å². The molecule has 1 aliphatic rings. The van der Waals surface area contributed by atoms with Crippen molar-refractivity contribution in [3.63, 3.8) is 0 Å². The van der Waals surface area contributed by atoms with Gasteiger partial charge in [-0.3, -0.25) is 0 Å². The Balaban J connectivity index is 2.35. The fourth-order valence-electron chi connectivity index (χ4n) is 2.67. The summed E-state index contributed by atoms with van der Waals surface area (Å²) in [7, 11) is 0. The first kappa shape index (κ1) is 11.1. The average Bonchev–Trinajstić information content (AvgIpc) is 2.02. The van der Waals surface area contributed by atoms with Crippen LogP contribution in [0.5, 0.6) is 0 Å². The van der Waals surface area contributed by atoms with Gasteiger partial charge in [-0.2, -0.15) is 0 Å². The van der Waals surface area contributed by atoms with Crippen molar-refractivity contribution in [1.29, 1.82) is 0 Å². The van der Waals surface area contributed by atoms with E-state index in [0.717, 1.165) is 11.8 Å². The van der Waals surface area contributed by atoms with Crippen molar-refractivity contribution < 1.29 is 0 Å². The summed E-state index contributed by atoms with van der Waals surface area (Å²) in [6.07, 6.45) is 8.66. The molecule has 0 heterocycles. The molecule has 2 atom stereocenters. The molecule has 0 radical (unpaired) electrons. The first-order chi connectivity index (χ1) is 6.11. The second-order valence-electron chi connectivity index (χ2n) is 5.43. The first-order valence-corrected chi connectivity index (χ1v) is 6.11. The molecule has 1 fully saturated rings. The van der Waals surface area contributed by atoms with E-state index in [-0.39, 0.29) is 0 Å². The van der Waals surface area contributed by atoms with Crippen molar-refractivity contribution in [3.8, 4) is 0 Å². The van der Waals surface area contributed by atoms with Gasteiger partial charge in [0.2, 0.25) is 0 Å². The van der Waals surface area contributed by atoms with Gasteiger partial charge >= 0.3 is 0 Å². The molecule has 13 heavy (non-hydrogen) atoms. The Morgan fingerprint density at radius 1 is 1.15 bits per heavy atom. The predicted molar refractivity (Wildman–Crippen MR) is 59.8 cm³/mol. The van der Waals surface area contributed by atoms with Crippen LogP contribution in [0.2, 0.25) is 0 Å². The molecule has 78 valence electrons. The van der Waals surface area contributed by atoms with Gasteiger partial charge in [-0.1, -0.05) is 53.4 Å². The van der Waals surface area contributed by atoms with Crippen LogP contribution in [0.1, 0.15) is 66.2 Å². The lowest BCUT2D eigenvalue weighted by atomic mass is 9.58. The summed E-state index contributed by atoms with van der Waals surface area (Å²) in [6, 6.07) is 0. The van der Waals surface area contributed by atoms with Gasteiger partial charge in [0.05, 0.1) is 0 Å². The van der Waals surface area contributed by atoms with E-state index >= 15 is 0 Å². The molecule has 0 aromatic carbocycles. The molecular formula is C13H26. The second-order valence-corrected chi connectivity index (χ2v) is 5.43. The van der Waals surface area contributed by atoms with E-state index in [1.165, 1.54) is 38.5 Å². The second kappa shape index (κ2) is 4.48. The molecule has 1 aliphatic carbocycles. The van der Waals surface area contributed by atoms with Gasteiger partial charge in [0.15, 0.2) is 0 Å². The molecule has 0 spiro atoms. The molecule has 0 nitrogen and oxygen atoms in total. The lowest BCUT2D eigenvalue weighted by Gasteiger charge is -2.47. The SMILES string of the molecule is CCCCC1CCC1C(C)(C)CC. The Kier molecular flexibility index (Phi) is 3.82. The molecule has 0 aromatic rings. The molecule has 1 rings (SSSR count). The van der Waals surface area contributed by atoms with Crippen molar-refractivity contribution in [1.82, 2.24) is 0 Å². The van der Waals surface area contributed by atoms with Crippen LogP contribution in [0.25, 0.3) is 0 Å². The molecule has 2 unspecified atom stereocenters. The third-order valence-electron chi connectivity index (χ3n) is 4.26. The van der Waals surface area contributed by atoms with Gasteiger partial charge in [-0.15, -0.1) is 0 Å². The topological polar surface area (TPSA) is 0 Å². The van der Waals surface area contributed by atoms with Crippen molar-refractivity contribution in [2.45, 2.75) is 66.2 Å². The predicted octanol–water partition coefficient (Wildman–Crippen LogP) is 4.64.